The molecular formula is C12H22N4O2S. The molecule has 0 saturated heterocycles. The predicted molar refractivity (Wildman–Crippen MR) is 72.2 cm³/mol. The lowest BCUT2D eigenvalue weighted by Crippen LogP contribution is -2.24. The molecule has 0 amide bonds. The van der Waals surface area contributed by atoms with Crippen LogP contribution in [0.15, 0.2) is 5.16 Å². The van der Waals surface area contributed by atoms with Crippen molar-refractivity contribution in [1.29, 1.82) is 0 Å². The van der Waals surface area contributed by atoms with Crippen molar-refractivity contribution in [3.8, 4) is 0 Å². The van der Waals surface area contributed by atoms with Gasteiger partial charge in [0.1, 0.15) is 5.82 Å². The van der Waals surface area contributed by atoms with Crippen LogP contribution in [0.4, 0.5) is 0 Å². The molecule has 0 radical (unpaired) electrons. The van der Waals surface area contributed by atoms with Crippen molar-refractivity contribution < 1.29 is 8.42 Å². The zero-order valence-electron chi connectivity index (χ0n) is 11.9. The second kappa shape index (κ2) is 4.56. The second-order valence-corrected chi connectivity index (χ2v) is 7.74. The van der Waals surface area contributed by atoms with Gasteiger partial charge in [-0.2, -0.15) is 0 Å². The maximum Gasteiger partial charge on any atom is 0.273 e. The average Bonchev–Trinajstić information content (AvgIpc) is 2.78. The number of nitrogens with zero attached hydrogens (tertiary/aromatic N) is 3. The Balaban J connectivity index is 2.57. The highest BCUT2D eigenvalue weighted by Gasteiger charge is 2.40. The van der Waals surface area contributed by atoms with Crippen molar-refractivity contribution in [2.45, 2.75) is 64.1 Å². The van der Waals surface area contributed by atoms with E-state index in [1.165, 1.54) is 0 Å². The van der Waals surface area contributed by atoms with Gasteiger partial charge in [-0.15, -0.1) is 10.2 Å². The SMILES string of the molecule is CC(C)n1c(C2CCCC2(C)C)nnc1S(N)(=O)=O. The standard InChI is InChI=1S/C12H22N4O2S/c1-8(2)16-10(9-6-5-7-12(9,3)4)14-15-11(16)19(13,17)18/h8-9H,5-7H2,1-4H3,(H2,13,17,18). The number of aromatic nitrogens is 3. The zero-order chi connectivity index (χ0) is 14.4. The highest BCUT2D eigenvalue weighted by Crippen LogP contribution is 2.48. The lowest BCUT2D eigenvalue weighted by molar-refractivity contribution is 0.308. The number of hydrogen-bond acceptors (Lipinski definition) is 4. The van der Waals surface area contributed by atoms with Gasteiger partial charge in [-0.1, -0.05) is 20.3 Å². The molecular weight excluding hydrogens is 264 g/mol. The van der Waals surface area contributed by atoms with E-state index < -0.39 is 10.0 Å². The van der Waals surface area contributed by atoms with Crippen LogP contribution in [-0.4, -0.2) is 23.2 Å². The third kappa shape index (κ3) is 2.53. The first-order valence-electron chi connectivity index (χ1n) is 6.62. The van der Waals surface area contributed by atoms with Crippen molar-refractivity contribution in [2.24, 2.45) is 10.6 Å². The molecule has 1 heterocycles. The van der Waals surface area contributed by atoms with Crippen molar-refractivity contribution in [3.63, 3.8) is 0 Å². The monoisotopic (exact) mass is 286 g/mol. The van der Waals surface area contributed by atoms with Gasteiger partial charge in [-0.25, -0.2) is 13.6 Å². The van der Waals surface area contributed by atoms with Gasteiger partial charge in [0, 0.05) is 12.0 Å². The summed E-state index contributed by atoms with van der Waals surface area (Å²) in [5.74, 6) is 0.986. The molecule has 0 aromatic carbocycles. The molecule has 1 atom stereocenters. The lowest BCUT2D eigenvalue weighted by Gasteiger charge is -2.27. The summed E-state index contributed by atoms with van der Waals surface area (Å²) in [6.07, 6.45) is 3.27. The molecule has 1 unspecified atom stereocenters. The molecule has 2 rings (SSSR count). The predicted octanol–water partition coefficient (Wildman–Crippen LogP) is 1.80. The van der Waals surface area contributed by atoms with E-state index in [2.05, 4.69) is 24.0 Å². The smallest absolute Gasteiger partial charge is 0.273 e. The topological polar surface area (TPSA) is 90.9 Å². The van der Waals surface area contributed by atoms with Crippen molar-refractivity contribution in [3.05, 3.63) is 5.82 Å². The van der Waals surface area contributed by atoms with E-state index in [-0.39, 0.29) is 22.5 Å². The van der Waals surface area contributed by atoms with Crippen LogP contribution < -0.4 is 5.14 Å². The lowest BCUT2D eigenvalue weighted by atomic mass is 9.81. The van der Waals surface area contributed by atoms with Crippen LogP contribution in [0, 0.1) is 5.41 Å². The van der Waals surface area contributed by atoms with E-state index >= 15 is 0 Å². The molecule has 0 bridgehead atoms. The number of sulfonamides is 1. The molecule has 1 fully saturated rings. The summed E-state index contributed by atoms with van der Waals surface area (Å²) in [5, 5.41) is 13.1. The van der Waals surface area contributed by atoms with E-state index in [9.17, 15) is 8.42 Å². The van der Waals surface area contributed by atoms with Crippen molar-refractivity contribution in [1.82, 2.24) is 14.8 Å². The summed E-state index contributed by atoms with van der Waals surface area (Å²) < 4.78 is 24.9. The van der Waals surface area contributed by atoms with Crippen LogP contribution in [0.1, 0.15) is 64.7 Å². The Morgan fingerprint density at radius 3 is 2.42 bits per heavy atom. The molecule has 2 N–H and O–H groups in total. The van der Waals surface area contributed by atoms with Gasteiger partial charge in [0.2, 0.25) is 0 Å². The first kappa shape index (κ1) is 14.5. The fourth-order valence-corrected chi connectivity index (χ4v) is 3.74. The summed E-state index contributed by atoms with van der Waals surface area (Å²) in [6, 6.07) is -0.0327. The Morgan fingerprint density at radius 1 is 1.37 bits per heavy atom. The highest BCUT2D eigenvalue weighted by molar-refractivity contribution is 7.89. The summed E-state index contributed by atoms with van der Waals surface area (Å²) >= 11 is 0. The molecule has 1 aliphatic carbocycles. The van der Waals surface area contributed by atoms with Gasteiger partial charge in [0.05, 0.1) is 0 Å². The fraction of sp³-hybridized carbons (Fsp3) is 0.833. The van der Waals surface area contributed by atoms with Crippen LogP contribution >= 0.6 is 0 Å². The van der Waals surface area contributed by atoms with E-state index in [1.54, 1.807) is 4.57 Å². The summed E-state index contributed by atoms with van der Waals surface area (Å²) in [5.41, 5.74) is 0.120. The van der Waals surface area contributed by atoms with Gasteiger partial charge in [0.25, 0.3) is 15.2 Å². The zero-order valence-corrected chi connectivity index (χ0v) is 12.7. The maximum atomic E-state index is 11.6. The van der Waals surface area contributed by atoms with E-state index in [0.717, 1.165) is 25.1 Å². The van der Waals surface area contributed by atoms with Gasteiger partial charge in [-0.05, 0) is 32.1 Å². The van der Waals surface area contributed by atoms with E-state index in [1.807, 2.05) is 13.8 Å². The third-order valence-corrected chi connectivity index (χ3v) is 4.82. The molecule has 1 saturated carbocycles. The molecule has 19 heavy (non-hydrogen) atoms. The molecule has 0 spiro atoms. The molecule has 7 heteroatoms. The van der Waals surface area contributed by atoms with Crippen molar-refractivity contribution in [2.75, 3.05) is 0 Å². The van der Waals surface area contributed by atoms with E-state index in [4.69, 9.17) is 5.14 Å². The third-order valence-electron chi connectivity index (χ3n) is 4.03. The normalized spacial score (nSPS) is 23.2. The Bertz CT molecular complexity index is 575. The van der Waals surface area contributed by atoms with Crippen molar-refractivity contribution >= 4 is 10.0 Å². The number of nitrogens with two attached hydrogens (primary N) is 1. The minimum Gasteiger partial charge on any atom is -0.298 e. The molecule has 0 aliphatic heterocycles. The van der Waals surface area contributed by atoms with E-state index in [0.29, 0.717) is 0 Å². The van der Waals surface area contributed by atoms with Crippen LogP contribution in [0.3, 0.4) is 0 Å². The van der Waals surface area contributed by atoms with Crippen LogP contribution in [-0.2, 0) is 10.0 Å². The first-order chi connectivity index (χ1) is 8.64. The van der Waals surface area contributed by atoms with Crippen LogP contribution in [0.5, 0.6) is 0 Å². The number of rotatable bonds is 3. The second-order valence-electron chi connectivity index (χ2n) is 6.28. The largest absolute Gasteiger partial charge is 0.298 e. The van der Waals surface area contributed by atoms with Gasteiger partial charge in [0.15, 0.2) is 0 Å². The van der Waals surface area contributed by atoms with Gasteiger partial charge < -0.3 is 0 Å². The summed E-state index contributed by atoms with van der Waals surface area (Å²) in [7, 11) is -3.84. The Kier molecular flexibility index (Phi) is 3.47. The first-order valence-corrected chi connectivity index (χ1v) is 8.17. The van der Waals surface area contributed by atoms with Gasteiger partial charge >= 0.3 is 0 Å². The van der Waals surface area contributed by atoms with Crippen LogP contribution in [0.2, 0.25) is 0 Å². The van der Waals surface area contributed by atoms with Gasteiger partial charge in [-0.3, -0.25) is 4.57 Å². The molecule has 1 aromatic rings. The highest BCUT2D eigenvalue weighted by atomic mass is 32.2. The minimum absolute atomic E-state index is 0.0327. The maximum absolute atomic E-state index is 11.6. The Hall–Kier alpha value is -0.950. The van der Waals surface area contributed by atoms with Crippen LogP contribution in [0.25, 0.3) is 0 Å². The average molecular weight is 286 g/mol. The quantitative estimate of drug-likeness (QED) is 0.917. The molecule has 6 nitrogen and oxygen atoms in total. The molecule has 1 aliphatic rings. The Morgan fingerprint density at radius 2 is 2.00 bits per heavy atom. The summed E-state index contributed by atoms with van der Waals surface area (Å²) in [4.78, 5) is 0. The summed E-state index contributed by atoms with van der Waals surface area (Å²) in [6.45, 7) is 8.23. The minimum atomic E-state index is -3.84. The number of hydrogen-bond donors (Lipinski definition) is 1. The molecule has 1 aromatic heterocycles. The molecule has 108 valence electrons. The fourth-order valence-electron chi connectivity index (χ4n) is 3.01. The Labute approximate surface area is 114 Å². The number of primary sulfonamides is 1.